The number of amides is 3. The Bertz CT molecular complexity index is 1620. The van der Waals surface area contributed by atoms with Gasteiger partial charge >= 0.3 is 6.03 Å². The van der Waals surface area contributed by atoms with Crippen LogP contribution in [0.25, 0.3) is 11.1 Å². The lowest BCUT2D eigenvalue weighted by Gasteiger charge is -2.42. The molecule has 3 heterocycles. The van der Waals surface area contributed by atoms with Gasteiger partial charge in [-0.05, 0) is 48.2 Å². The van der Waals surface area contributed by atoms with Gasteiger partial charge in [-0.15, -0.1) is 0 Å². The molecule has 7 nitrogen and oxygen atoms in total. The molecular weight excluding hydrogens is 555 g/mol. The van der Waals surface area contributed by atoms with E-state index < -0.39 is 17.4 Å². The Morgan fingerprint density at radius 2 is 1.71 bits per heavy atom. The number of likely N-dealkylation sites (tertiary alicyclic amines) is 1. The van der Waals surface area contributed by atoms with Crippen LogP contribution in [0.5, 0.6) is 5.75 Å². The van der Waals surface area contributed by atoms with Crippen LogP contribution >= 0.6 is 11.6 Å². The summed E-state index contributed by atoms with van der Waals surface area (Å²) in [5, 5.41) is 0.651. The van der Waals surface area contributed by atoms with E-state index in [-0.39, 0.29) is 12.5 Å². The molecule has 2 aliphatic rings. The Kier molecular flexibility index (Phi) is 7.66. The van der Waals surface area contributed by atoms with Gasteiger partial charge in [0, 0.05) is 49.2 Å². The van der Waals surface area contributed by atoms with Gasteiger partial charge in [0.05, 0.1) is 24.4 Å². The fraction of sp³-hybridized carbons (Fsp3) is 0.242. The number of ether oxygens (including phenoxy) is 1. The molecule has 6 rings (SSSR count). The Balaban J connectivity index is 1.23. The summed E-state index contributed by atoms with van der Waals surface area (Å²) in [6.07, 6.45) is 4.30. The summed E-state index contributed by atoms with van der Waals surface area (Å²) in [7, 11) is 1.54. The summed E-state index contributed by atoms with van der Waals surface area (Å²) in [6, 6.07) is 22.8. The molecule has 9 heteroatoms. The van der Waals surface area contributed by atoms with Crippen molar-refractivity contribution >= 4 is 29.2 Å². The average Bonchev–Trinajstić information content (AvgIpc) is 3.21. The number of carbonyl (C=O) groups is 2. The zero-order valence-electron chi connectivity index (χ0n) is 23.2. The molecule has 0 N–H and O–H groups in total. The number of piperidine rings is 1. The van der Waals surface area contributed by atoms with Crippen LogP contribution in [-0.2, 0) is 17.9 Å². The molecule has 0 saturated carbocycles. The number of anilines is 1. The number of pyridine rings is 1. The fourth-order valence-electron chi connectivity index (χ4n) is 5.91. The van der Waals surface area contributed by atoms with Crippen molar-refractivity contribution in [1.82, 2.24) is 14.8 Å². The molecule has 0 radical (unpaired) electrons. The van der Waals surface area contributed by atoms with E-state index in [1.807, 2.05) is 12.1 Å². The summed E-state index contributed by atoms with van der Waals surface area (Å²) in [6.45, 7) is 1.92. The molecule has 1 aromatic heterocycles. The van der Waals surface area contributed by atoms with Gasteiger partial charge in [0.15, 0.2) is 0 Å². The SMILES string of the molecule is COc1cccc(N2C(=O)N(Cc3ccccc3F)C3(CCN(Cc4ccc(-c5cnccc5Cl)cc4)CC3)C2=O)c1. The quantitative estimate of drug-likeness (QED) is 0.230. The first-order chi connectivity index (χ1) is 20.4. The second-order valence-electron chi connectivity index (χ2n) is 10.7. The first-order valence-electron chi connectivity index (χ1n) is 13.8. The molecular formula is C33H30ClFN4O3. The maximum absolute atomic E-state index is 14.7. The van der Waals surface area contributed by atoms with Gasteiger partial charge in [0.2, 0.25) is 0 Å². The molecule has 0 aliphatic carbocycles. The van der Waals surface area contributed by atoms with E-state index in [0.717, 1.165) is 16.7 Å². The average molecular weight is 585 g/mol. The van der Waals surface area contributed by atoms with Gasteiger partial charge in [0.25, 0.3) is 5.91 Å². The predicted molar refractivity (Wildman–Crippen MR) is 160 cm³/mol. The number of benzene rings is 3. The second-order valence-corrected chi connectivity index (χ2v) is 11.1. The molecule has 0 bridgehead atoms. The zero-order chi connectivity index (χ0) is 29.3. The molecule has 2 fully saturated rings. The van der Waals surface area contributed by atoms with E-state index in [1.165, 1.54) is 18.1 Å². The van der Waals surface area contributed by atoms with Crippen LogP contribution in [0.2, 0.25) is 5.02 Å². The number of hydrogen-bond donors (Lipinski definition) is 0. The summed E-state index contributed by atoms with van der Waals surface area (Å²) >= 11 is 6.34. The summed E-state index contributed by atoms with van der Waals surface area (Å²) in [4.78, 5) is 37.3. The Morgan fingerprint density at radius 3 is 2.43 bits per heavy atom. The molecule has 0 atom stereocenters. The minimum Gasteiger partial charge on any atom is -0.497 e. The van der Waals surface area contributed by atoms with Crippen LogP contribution in [0.15, 0.2) is 91.3 Å². The smallest absolute Gasteiger partial charge is 0.332 e. The normalized spacial score (nSPS) is 16.8. The summed E-state index contributed by atoms with van der Waals surface area (Å²) < 4.78 is 20.1. The molecule has 4 aromatic rings. The number of aromatic nitrogens is 1. The fourth-order valence-corrected chi connectivity index (χ4v) is 6.12. The molecule has 2 aliphatic heterocycles. The lowest BCUT2D eigenvalue weighted by Crippen LogP contribution is -2.56. The van der Waals surface area contributed by atoms with E-state index in [0.29, 0.717) is 54.5 Å². The van der Waals surface area contributed by atoms with Crippen LogP contribution < -0.4 is 9.64 Å². The second kappa shape index (κ2) is 11.5. The maximum Gasteiger partial charge on any atom is 0.332 e. The van der Waals surface area contributed by atoms with Gasteiger partial charge in [-0.25, -0.2) is 14.1 Å². The molecule has 42 heavy (non-hydrogen) atoms. The van der Waals surface area contributed by atoms with E-state index in [2.05, 4.69) is 22.0 Å². The number of carbonyl (C=O) groups excluding carboxylic acids is 2. The van der Waals surface area contributed by atoms with E-state index in [4.69, 9.17) is 16.3 Å². The number of hydrogen-bond acceptors (Lipinski definition) is 5. The standard InChI is InChI=1S/C33H30ClFN4O3/c1-42-27-7-4-6-26(19-27)39-31(40)33(38(32(39)41)22-25-5-2-3-8-30(25)35)14-17-37(18-15-33)21-23-9-11-24(12-10-23)28-20-36-16-13-29(28)34/h2-13,16,19-20H,14-15,17-18,21-22H2,1H3. The highest BCUT2D eigenvalue weighted by Crippen LogP contribution is 2.41. The van der Waals surface area contributed by atoms with Crippen molar-refractivity contribution in [2.24, 2.45) is 0 Å². The highest BCUT2D eigenvalue weighted by atomic mass is 35.5. The summed E-state index contributed by atoms with van der Waals surface area (Å²) in [5.41, 5.74) is 2.75. The largest absolute Gasteiger partial charge is 0.497 e. The first kappa shape index (κ1) is 27.9. The third-order valence-corrected chi connectivity index (χ3v) is 8.59. The number of rotatable bonds is 7. The molecule has 3 aromatic carbocycles. The van der Waals surface area contributed by atoms with Gasteiger partial charge in [-0.2, -0.15) is 0 Å². The molecule has 0 unspecified atom stereocenters. The number of urea groups is 1. The Hall–Kier alpha value is -4.27. The molecule has 1 spiro atoms. The van der Waals surface area contributed by atoms with Crippen molar-refractivity contribution in [3.63, 3.8) is 0 Å². The van der Waals surface area contributed by atoms with Crippen LogP contribution in [0.3, 0.4) is 0 Å². The maximum atomic E-state index is 14.7. The topological polar surface area (TPSA) is 66.0 Å². The zero-order valence-corrected chi connectivity index (χ0v) is 23.9. The van der Waals surface area contributed by atoms with Crippen molar-refractivity contribution in [3.8, 4) is 16.9 Å². The lowest BCUT2D eigenvalue weighted by atomic mass is 9.85. The van der Waals surface area contributed by atoms with E-state index >= 15 is 0 Å². The monoisotopic (exact) mass is 584 g/mol. The molecule has 3 amide bonds. The Labute approximate surface area is 249 Å². The van der Waals surface area contributed by atoms with Crippen molar-refractivity contribution in [2.45, 2.75) is 31.5 Å². The number of methoxy groups -OCH3 is 1. The van der Waals surface area contributed by atoms with Crippen LogP contribution in [-0.4, -0.2) is 52.5 Å². The number of halogens is 2. The minimum absolute atomic E-state index is 0.0100. The predicted octanol–water partition coefficient (Wildman–Crippen LogP) is 6.55. The lowest BCUT2D eigenvalue weighted by molar-refractivity contribution is -0.127. The third kappa shape index (κ3) is 5.12. The van der Waals surface area contributed by atoms with Crippen molar-refractivity contribution in [1.29, 1.82) is 0 Å². The van der Waals surface area contributed by atoms with Crippen molar-refractivity contribution < 1.29 is 18.7 Å². The number of imide groups is 1. The van der Waals surface area contributed by atoms with Crippen molar-refractivity contribution in [2.75, 3.05) is 25.1 Å². The van der Waals surface area contributed by atoms with Gasteiger partial charge in [0.1, 0.15) is 17.1 Å². The van der Waals surface area contributed by atoms with Crippen molar-refractivity contribution in [3.05, 3.63) is 113 Å². The van der Waals surface area contributed by atoms with Crippen LogP contribution in [0.1, 0.15) is 24.0 Å². The first-order valence-corrected chi connectivity index (χ1v) is 14.2. The summed E-state index contributed by atoms with van der Waals surface area (Å²) in [5.74, 6) is -0.142. The van der Waals surface area contributed by atoms with Gasteiger partial charge in [-0.1, -0.05) is 60.1 Å². The van der Waals surface area contributed by atoms with Crippen LogP contribution in [0, 0.1) is 5.82 Å². The van der Waals surface area contributed by atoms with E-state index in [9.17, 15) is 14.0 Å². The highest BCUT2D eigenvalue weighted by molar-refractivity contribution is 6.33. The third-order valence-electron chi connectivity index (χ3n) is 8.26. The van der Waals surface area contributed by atoms with Gasteiger partial charge < -0.3 is 9.64 Å². The minimum atomic E-state index is -1.07. The van der Waals surface area contributed by atoms with E-state index in [1.54, 1.807) is 65.8 Å². The molecule has 214 valence electrons. The van der Waals surface area contributed by atoms with Crippen LogP contribution in [0.4, 0.5) is 14.9 Å². The van der Waals surface area contributed by atoms with Gasteiger partial charge in [-0.3, -0.25) is 14.7 Å². The number of nitrogens with zero attached hydrogens (tertiary/aromatic N) is 4. The molecule has 2 saturated heterocycles. The highest BCUT2D eigenvalue weighted by Gasteiger charge is 2.58. The Morgan fingerprint density at radius 1 is 0.952 bits per heavy atom.